The third-order valence-electron chi connectivity index (χ3n) is 2.19. The van der Waals surface area contributed by atoms with Crippen LogP contribution in [-0.2, 0) is 4.79 Å². The predicted molar refractivity (Wildman–Crippen MR) is 71.6 cm³/mol. The first-order valence-electron chi connectivity index (χ1n) is 5.50. The van der Waals surface area contributed by atoms with E-state index in [9.17, 15) is 9.59 Å². The van der Waals surface area contributed by atoms with E-state index in [1.807, 2.05) is 0 Å². The molecule has 0 heterocycles. The monoisotopic (exact) mass is 280 g/mol. The minimum Gasteiger partial charge on any atom is -0.384 e. The highest BCUT2D eigenvalue weighted by atomic mass is 35.5. The average Bonchev–Trinajstić information content (AvgIpc) is 2.36. The maximum Gasteiger partial charge on any atom is 0.251 e. The molecule has 1 aromatic carbocycles. The SMILES string of the molecule is NC(=O)CCNC(=O)c1ccc(C#CCO)c(Cl)c1. The third-order valence-corrected chi connectivity index (χ3v) is 2.50. The van der Waals surface area contributed by atoms with Crippen LogP contribution in [0, 0.1) is 11.8 Å². The largest absolute Gasteiger partial charge is 0.384 e. The number of primary amides is 1. The highest BCUT2D eigenvalue weighted by Gasteiger charge is 2.07. The van der Waals surface area contributed by atoms with Crippen LogP contribution >= 0.6 is 11.6 Å². The van der Waals surface area contributed by atoms with Crippen molar-refractivity contribution in [3.8, 4) is 11.8 Å². The highest BCUT2D eigenvalue weighted by Crippen LogP contribution is 2.16. The molecule has 0 bridgehead atoms. The van der Waals surface area contributed by atoms with E-state index < -0.39 is 5.91 Å². The summed E-state index contributed by atoms with van der Waals surface area (Å²) in [6.07, 6.45) is 0.0829. The van der Waals surface area contributed by atoms with Crippen LogP contribution in [0.2, 0.25) is 5.02 Å². The normalized spacial score (nSPS) is 9.37. The molecular formula is C13H13ClN2O3. The fraction of sp³-hybridized carbons (Fsp3) is 0.231. The first kappa shape index (κ1) is 15.0. The molecule has 0 saturated heterocycles. The van der Waals surface area contributed by atoms with Crippen molar-refractivity contribution >= 4 is 23.4 Å². The summed E-state index contributed by atoms with van der Waals surface area (Å²) in [6, 6.07) is 4.63. The van der Waals surface area contributed by atoms with E-state index in [0.29, 0.717) is 16.1 Å². The number of benzene rings is 1. The Hall–Kier alpha value is -2.03. The number of carbonyl (C=O) groups is 2. The van der Waals surface area contributed by atoms with Gasteiger partial charge in [0.1, 0.15) is 6.61 Å². The Kier molecular flexibility index (Phi) is 5.86. The van der Waals surface area contributed by atoms with Crippen LogP contribution in [0.3, 0.4) is 0 Å². The summed E-state index contributed by atoms with van der Waals surface area (Å²) < 4.78 is 0. The molecule has 4 N–H and O–H groups in total. The summed E-state index contributed by atoms with van der Waals surface area (Å²) in [5.74, 6) is 4.31. The molecule has 0 fully saturated rings. The van der Waals surface area contributed by atoms with Gasteiger partial charge in [-0.2, -0.15) is 0 Å². The van der Waals surface area contributed by atoms with Gasteiger partial charge in [-0.1, -0.05) is 23.4 Å². The molecule has 0 aliphatic heterocycles. The summed E-state index contributed by atoms with van der Waals surface area (Å²) in [4.78, 5) is 22.2. The molecule has 100 valence electrons. The van der Waals surface area contributed by atoms with Crippen LogP contribution in [0.4, 0.5) is 0 Å². The zero-order chi connectivity index (χ0) is 14.3. The topological polar surface area (TPSA) is 92.4 Å². The van der Waals surface area contributed by atoms with Gasteiger partial charge >= 0.3 is 0 Å². The number of aliphatic hydroxyl groups excluding tert-OH is 1. The first-order valence-corrected chi connectivity index (χ1v) is 5.88. The summed E-state index contributed by atoms with van der Waals surface area (Å²) >= 11 is 5.96. The van der Waals surface area contributed by atoms with Crippen LogP contribution in [0.5, 0.6) is 0 Å². The molecule has 5 nitrogen and oxygen atoms in total. The maximum absolute atomic E-state index is 11.7. The summed E-state index contributed by atoms with van der Waals surface area (Å²) in [6.45, 7) is -0.0798. The molecule has 6 heteroatoms. The van der Waals surface area contributed by atoms with Gasteiger partial charge in [-0.05, 0) is 18.2 Å². The third kappa shape index (κ3) is 5.00. The number of nitrogens with two attached hydrogens (primary N) is 1. The van der Waals surface area contributed by atoms with Crippen LogP contribution in [0.25, 0.3) is 0 Å². The summed E-state index contributed by atoms with van der Waals surface area (Å²) in [5.41, 5.74) is 5.86. The zero-order valence-electron chi connectivity index (χ0n) is 10.1. The molecule has 2 amide bonds. The predicted octanol–water partition coefficient (Wildman–Crippen LogP) is 0.289. The molecule has 0 saturated carbocycles. The Morgan fingerprint density at radius 2 is 2.16 bits per heavy atom. The van der Waals surface area contributed by atoms with Crippen LogP contribution in [0.1, 0.15) is 22.3 Å². The lowest BCUT2D eigenvalue weighted by Crippen LogP contribution is -2.27. The number of halogens is 1. The molecule has 0 unspecified atom stereocenters. The van der Waals surface area contributed by atoms with E-state index in [-0.39, 0.29) is 25.5 Å². The van der Waals surface area contributed by atoms with Gasteiger partial charge in [0.05, 0.1) is 5.02 Å². The van der Waals surface area contributed by atoms with Crippen molar-refractivity contribution in [1.82, 2.24) is 5.32 Å². The molecule has 0 radical (unpaired) electrons. The average molecular weight is 281 g/mol. The van der Waals surface area contributed by atoms with E-state index in [1.165, 1.54) is 6.07 Å². The lowest BCUT2D eigenvalue weighted by Gasteiger charge is -2.05. The Bertz CT molecular complexity index is 547. The molecule has 1 aromatic rings. The Morgan fingerprint density at radius 1 is 1.42 bits per heavy atom. The number of aliphatic hydroxyl groups is 1. The van der Waals surface area contributed by atoms with Crippen molar-refractivity contribution in [3.05, 3.63) is 34.3 Å². The van der Waals surface area contributed by atoms with Crippen LogP contribution in [-0.4, -0.2) is 30.1 Å². The molecular weight excluding hydrogens is 268 g/mol. The standard InChI is InChI=1S/C13H13ClN2O3/c14-11-8-10(4-3-9(11)2-1-7-17)13(19)16-6-5-12(15)18/h3-4,8,17H,5-7H2,(H2,15,18)(H,16,19). The minimum atomic E-state index is -0.479. The van der Waals surface area contributed by atoms with Crippen LogP contribution < -0.4 is 11.1 Å². The molecule has 1 rings (SSSR count). The fourth-order valence-corrected chi connectivity index (χ4v) is 1.52. The van der Waals surface area contributed by atoms with Crippen molar-refractivity contribution < 1.29 is 14.7 Å². The van der Waals surface area contributed by atoms with Crippen molar-refractivity contribution in [2.75, 3.05) is 13.2 Å². The smallest absolute Gasteiger partial charge is 0.251 e. The summed E-state index contributed by atoms with van der Waals surface area (Å²) in [5, 5.41) is 11.5. The highest BCUT2D eigenvalue weighted by molar-refractivity contribution is 6.32. The number of hydrogen-bond acceptors (Lipinski definition) is 3. The van der Waals surface area contributed by atoms with Gasteiger partial charge < -0.3 is 16.2 Å². The fourth-order valence-electron chi connectivity index (χ4n) is 1.29. The van der Waals surface area contributed by atoms with Crippen molar-refractivity contribution in [2.45, 2.75) is 6.42 Å². The molecule has 0 aliphatic rings. The zero-order valence-corrected chi connectivity index (χ0v) is 10.8. The lowest BCUT2D eigenvalue weighted by atomic mass is 10.1. The molecule has 0 aliphatic carbocycles. The first-order chi connectivity index (χ1) is 9.04. The lowest BCUT2D eigenvalue weighted by molar-refractivity contribution is -0.117. The molecule has 0 aromatic heterocycles. The van der Waals surface area contributed by atoms with Crippen molar-refractivity contribution in [2.24, 2.45) is 5.73 Å². The molecule has 0 atom stereocenters. The number of amides is 2. The molecule has 19 heavy (non-hydrogen) atoms. The van der Waals surface area contributed by atoms with E-state index in [0.717, 1.165) is 0 Å². The van der Waals surface area contributed by atoms with Gasteiger partial charge in [0.2, 0.25) is 5.91 Å². The summed E-state index contributed by atoms with van der Waals surface area (Å²) in [7, 11) is 0. The van der Waals surface area contributed by atoms with E-state index >= 15 is 0 Å². The van der Waals surface area contributed by atoms with Crippen molar-refractivity contribution in [1.29, 1.82) is 0 Å². The number of rotatable bonds is 4. The van der Waals surface area contributed by atoms with Gasteiger partial charge in [-0.15, -0.1) is 0 Å². The molecule has 0 spiro atoms. The van der Waals surface area contributed by atoms with Crippen molar-refractivity contribution in [3.63, 3.8) is 0 Å². The van der Waals surface area contributed by atoms with Gasteiger partial charge in [0.15, 0.2) is 0 Å². The van der Waals surface area contributed by atoms with E-state index in [1.54, 1.807) is 12.1 Å². The maximum atomic E-state index is 11.7. The van der Waals surface area contributed by atoms with E-state index in [4.69, 9.17) is 22.4 Å². The van der Waals surface area contributed by atoms with Gasteiger partial charge in [0, 0.05) is 24.1 Å². The van der Waals surface area contributed by atoms with Gasteiger partial charge in [0.25, 0.3) is 5.91 Å². The van der Waals surface area contributed by atoms with E-state index in [2.05, 4.69) is 17.2 Å². The second-order valence-corrected chi connectivity index (χ2v) is 4.03. The van der Waals surface area contributed by atoms with Gasteiger partial charge in [-0.3, -0.25) is 9.59 Å². The second kappa shape index (κ2) is 7.41. The number of carbonyl (C=O) groups excluding carboxylic acids is 2. The van der Waals surface area contributed by atoms with Gasteiger partial charge in [-0.25, -0.2) is 0 Å². The van der Waals surface area contributed by atoms with Crippen LogP contribution in [0.15, 0.2) is 18.2 Å². The second-order valence-electron chi connectivity index (χ2n) is 3.63. The Balaban J connectivity index is 2.72. The number of hydrogen-bond donors (Lipinski definition) is 3. The Labute approximate surface area is 115 Å². The Morgan fingerprint density at radius 3 is 2.74 bits per heavy atom. The minimum absolute atomic E-state index is 0.0829. The number of nitrogens with one attached hydrogen (secondary N) is 1. The quantitative estimate of drug-likeness (QED) is 0.692.